The van der Waals surface area contributed by atoms with Gasteiger partial charge in [0.1, 0.15) is 0 Å². The van der Waals surface area contributed by atoms with Crippen molar-refractivity contribution in [2.45, 2.75) is 82.8 Å². The maximum absolute atomic E-state index is 9.49. The molecule has 2 aromatic rings. The molecule has 1 aromatic heterocycles. The highest BCUT2D eigenvalue weighted by Gasteiger charge is 2.37. The number of nitrogens with zero attached hydrogens (tertiary/aromatic N) is 2. The third-order valence-corrected chi connectivity index (χ3v) is 8.43. The van der Waals surface area contributed by atoms with Gasteiger partial charge in [0.05, 0.1) is 18.4 Å². The van der Waals surface area contributed by atoms with E-state index in [4.69, 9.17) is 10.1 Å². The smallest absolute Gasteiger partial charge is 0.185 e. The predicted molar refractivity (Wildman–Crippen MR) is 134 cm³/mol. The first-order chi connectivity index (χ1) is 15.2. The van der Waals surface area contributed by atoms with Crippen molar-refractivity contribution in [2.75, 3.05) is 31.1 Å². The van der Waals surface area contributed by atoms with Crippen LogP contribution in [0.15, 0.2) is 23.6 Å². The van der Waals surface area contributed by atoms with E-state index in [0.29, 0.717) is 12.5 Å². The molecule has 1 aromatic carbocycles. The van der Waals surface area contributed by atoms with Gasteiger partial charge in [-0.3, -0.25) is 0 Å². The Morgan fingerprint density at radius 2 is 1.81 bits per heavy atom. The normalized spacial score (nSPS) is 21.4. The number of anilines is 1. The van der Waals surface area contributed by atoms with Gasteiger partial charge in [-0.05, 0) is 66.7 Å². The lowest BCUT2D eigenvalue weighted by Crippen LogP contribution is -2.43. The van der Waals surface area contributed by atoms with Crippen LogP contribution in [0.4, 0.5) is 5.13 Å². The van der Waals surface area contributed by atoms with Crippen LogP contribution in [-0.4, -0.2) is 53.6 Å². The lowest BCUT2D eigenvalue weighted by molar-refractivity contribution is 0.0874. The van der Waals surface area contributed by atoms with Crippen LogP contribution < -0.4 is 10.2 Å². The minimum Gasteiger partial charge on any atom is -0.394 e. The number of thiazole rings is 1. The molecule has 176 valence electrons. The van der Waals surface area contributed by atoms with E-state index in [1.807, 2.05) is 0 Å². The van der Waals surface area contributed by atoms with Crippen molar-refractivity contribution in [3.63, 3.8) is 0 Å². The van der Waals surface area contributed by atoms with Gasteiger partial charge >= 0.3 is 0 Å². The Hall–Kier alpha value is -1.47. The summed E-state index contributed by atoms with van der Waals surface area (Å²) < 4.78 is 0. The van der Waals surface area contributed by atoms with Crippen LogP contribution in [0.5, 0.6) is 0 Å². The van der Waals surface area contributed by atoms with E-state index in [-0.39, 0.29) is 17.4 Å². The molecule has 1 aliphatic carbocycles. The van der Waals surface area contributed by atoms with Crippen molar-refractivity contribution in [3.8, 4) is 11.3 Å². The Morgan fingerprint density at radius 1 is 1.12 bits per heavy atom. The van der Waals surface area contributed by atoms with Gasteiger partial charge in [-0.15, -0.1) is 11.3 Å². The number of aromatic nitrogens is 1. The molecule has 1 atom stereocenters. The lowest BCUT2D eigenvalue weighted by atomic mass is 9.63. The second kappa shape index (κ2) is 9.41. The number of aliphatic hydroxyl groups is 2. The summed E-state index contributed by atoms with van der Waals surface area (Å²) in [5, 5.41) is 25.3. The van der Waals surface area contributed by atoms with E-state index >= 15 is 0 Å². The molecule has 4 rings (SSSR count). The zero-order valence-electron chi connectivity index (χ0n) is 20.0. The molecule has 1 fully saturated rings. The number of hydrogen-bond acceptors (Lipinski definition) is 6. The van der Waals surface area contributed by atoms with E-state index in [9.17, 15) is 5.11 Å². The number of hydrogen-bond donors (Lipinski definition) is 3. The third kappa shape index (κ3) is 5.04. The summed E-state index contributed by atoms with van der Waals surface area (Å²) in [7, 11) is 0. The van der Waals surface area contributed by atoms with Crippen LogP contribution in [0.3, 0.4) is 0 Å². The van der Waals surface area contributed by atoms with Gasteiger partial charge in [0.25, 0.3) is 0 Å². The average Bonchev–Trinajstić information content (AvgIpc) is 3.27. The van der Waals surface area contributed by atoms with Gasteiger partial charge in [0.15, 0.2) is 5.13 Å². The minimum absolute atomic E-state index is 0.161. The van der Waals surface area contributed by atoms with Crippen LogP contribution in [0, 0.1) is 0 Å². The zero-order valence-corrected chi connectivity index (χ0v) is 20.8. The number of piperidine rings is 1. The molecule has 0 saturated carbocycles. The van der Waals surface area contributed by atoms with Gasteiger partial charge in [-0.2, -0.15) is 0 Å². The highest BCUT2D eigenvalue weighted by molar-refractivity contribution is 7.14. The maximum Gasteiger partial charge on any atom is 0.185 e. The van der Waals surface area contributed by atoms with Gasteiger partial charge in [-0.1, -0.05) is 39.8 Å². The van der Waals surface area contributed by atoms with Gasteiger partial charge in [0.2, 0.25) is 0 Å². The molecule has 6 heteroatoms. The highest BCUT2D eigenvalue weighted by atomic mass is 32.1. The summed E-state index contributed by atoms with van der Waals surface area (Å²) in [5.74, 6) is 0. The highest BCUT2D eigenvalue weighted by Crippen LogP contribution is 2.47. The van der Waals surface area contributed by atoms with Crippen molar-refractivity contribution in [3.05, 3.63) is 34.7 Å². The van der Waals surface area contributed by atoms with Gasteiger partial charge in [0, 0.05) is 30.1 Å². The number of rotatable bonds is 7. The van der Waals surface area contributed by atoms with E-state index in [1.165, 1.54) is 29.5 Å². The number of nitrogens with one attached hydrogen (secondary N) is 1. The second-order valence-electron chi connectivity index (χ2n) is 10.9. The topological polar surface area (TPSA) is 68.6 Å². The third-order valence-electron chi connectivity index (χ3n) is 7.53. The van der Waals surface area contributed by atoms with E-state index in [1.54, 1.807) is 11.3 Å². The Bertz CT molecular complexity index is 916. The molecule has 0 bridgehead atoms. The average molecular weight is 458 g/mol. The first-order valence-corrected chi connectivity index (χ1v) is 13.0. The van der Waals surface area contributed by atoms with E-state index < -0.39 is 6.10 Å². The van der Waals surface area contributed by atoms with E-state index in [2.05, 4.69) is 61.5 Å². The minimum atomic E-state index is -0.614. The van der Waals surface area contributed by atoms with Gasteiger partial charge in [-0.25, -0.2) is 4.98 Å². The first-order valence-electron chi connectivity index (χ1n) is 12.1. The number of fused-ring (bicyclic) bond motifs is 1. The molecule has 2 aliphatic rings. The standard InChI is InChI=1S/C26H39N3O2S/c1-25(2)10-11-26(3,4)22-15-18(5-6-21(22)25)23-17-32-24(28-23)29-13-8-19(9-14-29)27-12-7-20(31)16-30/h5-6,15,17,19-20,27,30-31H,7-14,16H2,1-4H3/t20-/m0/s1. The van der Waals surface area contributed by atoms with Crippen LogP contribution in [-0.2, 0) is 10.8 Å². The Kier molecular flexibility index (Phi) is 6.97. The number of aliphatic hydroxyl groups excluding tert-OH is 2. The first kappa shape index (κ1) is 23.7. The summed E-state index contributed by atoms with van der Waals surface area (Å²) in [6.45, 7) is 12.1. The molecule has 0 amide bonds. The quantitative estimate of drug-likeness (QED) is 0.573. The Balaban J connectivity index is 1.41. The molecular weight excluding hydrogens is 418 g/mol. The van der Waals surface area contributed by atoms with Gasteiger partial charge < -0.3 is 20.4 Å². The zero-order chi connectivity index (χ0) is 22.9. The fourth-order valence-electron chi connectivity index (χ4n) is 5.11. The summed E-state index contributed by atoms with van der Waals surface area (Å²) in [4.78, 5) is 7.43. The molecule has 1 saturated heterocycles. The molecule has 0 unspecified atom stereocenters. The SMILES string of the molecule is CC1(C)CCC(C)(C)c2cc(-c3csc(N4CCC(NCC[C@H](O)CO)CC4)n3)ccc21. The second-order valence-corrected chi connectivity index (χ2v) is 11.7. The fourth-order valence-corrected chi connectivity index (χ4v) is 6.00. The largest absolute Gasteiger partial charge is 0.394 e. The fraction of sp³-hybridized carbons (Fsp3) is 0.654. The monoisotopic (exact) mass is 457 g/mol. The summed E-state index contributed by atoms with van der Waals surface area (Å²) in [5.41, 5.74) is 5.75. The Morgan fingerprint density at radius 3 is 2.50 bits per heavy atom. The van der Waals surface area contributed by atoms with Crippen LogP contribution in [0.1, 0.15) is 70.9 Å². The van der Waals surface area contributed by atoms with Crippen molar-refractivity contribution in [1.82, 2.24) is 10.3 Å². The van der Waals surface area contributed by atoms with Crippen LogP contribution in [0.2, 0.25) is 0 Å². The molecule has 1 aliphatic heterocycles. The predicted octanol–water partition coefficient (Wildman–Crippen LogP) is 4.46. The summed E-state index contributed by atoms with van der Waals surface area (Å²) in [6.07, 6.45) is 4.59. The Labute approximate surface area is 196 Å². The van der Waals surface area contributed by atoms with Crippen molar-refractivity contribution in [1.29, 1.82) is 0 Å². The molecule has 2 heterocycles. The van der Waals surface area contributed by atoms with Crippen LogP contribution >= 0.6 is 11.3 Å². The van der Waals surface area contributed by atoms with Crippen LogP contribution in [0.25, 0.3) is 11.3 Å². The lowest BCUT2D eigenvalue weighted by Gasteiger charge is -2.42. The molecular formula is C26H39N3O2S. The molecule has 0 radical (unpaired) electrons. The van der Waals surface area contributed by atoms with Crippen molar-refractivity contribution < 1.29 is 10.2 Å². The summed E-state index contributed by atoms with van der Waals surface area (Å²) in [6, 6.07) is 7.47. The maximum atomic E-state index is 9.49. The molecule has 3 N–H and O–H groups in total. The van der Waals surface area contributed by atoms with E-state index in [0.717, 1.165) is 43.3 Å². The molecule has 32 heavy (non-hydrogen) atoms. The van der Waals surface area contributed by atoms with Crippen molar-refractivity contribution in [2.24, 2.45) is 0 Å². The molecule has 5 nitrogen and oxygen atoms in total. The summed E-state index contributed by atoms with van der Waals surface area (Å²) >= 11 is 1.75. The number of benzene rings is 1. The van der Waals surface area contributed by atoms with Crippen molar-refractivity contribution >= 4 is 16.5 Å². The molecule has 0 spiro atoms.